The van der Waals surface area contributed by atoms with Crippen molar-refractivity contribution in [3.8, 4) is 5.75 Å². The molecule has 2 rings (SSSR count). The molecule has 2 aromatic rings. The second kappa shape index (κ2) is 10.9. The molecule has 0 aromatic carbocycles. The van der Waals surface area contributed by atoms with Gasteiger partial charge >= 0.3 is 12.1 Å². The fraction of sp³-hybridized carbons (Fsp3) is 0.429. The summed E-state index contributed by atoms with van der Waals surface area (Å²) in [5.41, 5.74) is 6.34. The Morgan fingerprint density at radius 2 is 2.15 bits per heavy atom. The zero-order valence-electron chi connectivity index (χ0n) is 14.1. The number of pyridine rings is 1. The van der Waals surface area contributed by atoms with Crippen LogP contribution in [0.5, 0.6) is 5.75 Å². The SMILES string of the molecule is CCOC(=O)Cn1cc([C@@H](N)[n+]2cccc(OCC(F)(F)F)c2)nn1.Cl.[Cl-]. The van der Waals surface area contributed by atoms with E-state index in [2.05, 4.69) is 15.0 Å². The summed E-state index contributed by atoms with van der Waals surface area (Å²) in [6.07, 6.45) is -0.919. The molecule has 0 aliphatic heterocycles. The Morgan fingerprint density at radius 1 is 1.44 bits per heavy atom. The molecule has 8 nitrogen and oxygen atoms in total. The summed E-state index contributed by atoms with van der Waals surface area (Å²) in [5, 5.41) is 7.63. The molecule has 0 amide bonds. The number of halogens is 5. The maximum atomic E-state index is 12.2. The van der Waals surface area contributed by atoms with Crippen LogP contribution in [0.1, 0.15) is 18.8 Å². The van der Waals surface area contributed by atoms with Crippen LogP contribution in [0.25, 0.3) is 0 Å². The number of hydrogen-bond donors (Lipinski definition) is 1. The molecule has 2 N–H and O–H groups in total. The summed E-state index contributed by atoms with van der Waals surface area (Å²) in [6.45, 7) is 0.417. The van der Waals surface area contributed by atoms with E-state index in [-0.39, 0.29) is 43.7 Å². The highest BCUT2D eigenvalue weighted by Crippen LogP contribution is 2.17. The largest absolute Gasteiger partial charge is 1.00 e. The van der Waals surface area contributed by atoms with Crippen molar-refractivity contribution in [2.75, 3.05) is 13.2 Å². The highest BCUT2D eigenvalue weighted by atomic mass is 35.5. The lowest BCUT2D eigenvalue weighted by Gasteiger charge is -2.09. The van der Waals surface area contributed by atoms with E-state index in [1.54, 1.807) is 13.1 Å². The topological polar surface area (TPSA) is 96.1 Å². The average molecular weight is 432 g/mol. The third kappa shape index (κ3) is 7.97. The van der Waals surface area contributed by atoms with Gasteiger partial charge in [-0.15, -0.1) is 17.5 Å². The quantitative estimate of drug-likeness (QED) is 0.402. The number of esters is 1. The van der Waals surface area contributed by atoms with Crippen molar-refractivity contribution in [1.82, 2.24) is 15.0 Å². The number of carbonyl (C=O) groups is 1. The molecule has 0 unspecified atom stereocenters. The summed E-state index contributed by atoms with van der Waals surface area (Å²) in [7, 11) is 0. The van der Waals surface area contributed by atoms with Crippen LogP contribution in [0.2, 0.25) is 0 Å². The predicted octanol–water partition coefficient (Wildman–Crippen LogP) is -2.00. The summed E-state index contributed by atoms with van der Waals surface area (Å²) in [6, 6.07) is 2.88. The Labute approximate surface area is 165 Å². The molecule has 0 saturated carbocycles. The molecule has 152 valence electrons. The van der Waals surface area contributed by atoms with E-state index in [1.807, 2.05) is 0 Å². The van der Waals surface area contributed by atoms with Crippen molar-refractivity contribution in [1.29, 1.82) is 0 Å². The Kier molecular flexibility index (Phi) is 10.0. The summed E-state index contributed by atoms with van der Waals surface area (Å²) in [4.78, 5) is 11.4. The molecule has 0 saturated heterocycles. The monoisotopic (exact) mass is 431 g/mol. The lowest BCUT2D eigenvalue weighted by molar-refractivity contribution is -0.714. The number of carbonyl (C=O) groups excluding carboxylic acids is 1. The molecule has 0 fully saturated rings. The second-order valence-electron chi connectivity index (χ2n) is 4.98. The Morgan fingerprint density at radius 3 is 2.78 bits per heavy atom. The van der Waals surface area contributed by atoms with Crippen LogP contribution >= 0.6 is 12.4 Å². The molecular formula is C14H18Cl2F3N5O3. The molecule has 0 radical (unpaired) electrons. The van der Waals surface area contributed by atoms with Gasteiger partial charge in [0.25, 0.3) is 6.17 Å². The van der Waals surface area contributed by atoms with Crippen LogP contribution in [-0.4, -0.2) is 40.4 Å². The first kappa shape index (κ1) is 24.9. The highest BCUT2D eigenvalue weighted by Gasteiger charge is 2.29. The van der Waals surface area contributed by atoms with Crippen molar-refractivity contribution < 1.29 is 44.4 Å². The molecule has 0 aliphatic rings. The van der Waals surface area contributed by atoms with Crippen LogP contribution < -0.4 is 27.4 Å². The molecule has 2 heterocycles. The van der Waals surface area contributed by atoms with Gasteiger partial charge in [0.2, 0.25) is 6.20 Å². The summed E-state index contributed by atoms with van der Waals surface area (Å²) in [5.74, 6) is -0.461. The van der Waals surface area contributed by atoms with Crippen molar-refractivity contribution in [2.24, 2.45) is 5.73 Å². The van der Waals surface area contributed by atoms with E-state index < -0.39 is 24.9 Å². The van der Waals surface area contributed by atoms with E-state index in [1.165, 1.54) is 33.8 Å². The zero-order chi connectivity index (χ0) is 18.4. The number of hydrogen-bond acceptors (Lipinski definition) is 6. The normalized spacial score (nSPS) is 11.7. The molecule has 0 aliphatic carbocycles. The van der Waals surface area contributed by atoms with Crippen molar-refractivity contribution in [2.45, 2.75) is 25.8 Å². The van der Waals surface area contributed by atoms with E-state index >= 15 is 0 Å². The number of nitrogens with zero attached hydrogens (tertiary/aromatic N) is 4. The van der Waals surface area contributed by atoms with Gasteiger partial charge in [0.15, 0.2) is 24.2 Å². The van der Waals surface area contributed by atoms with Gasteiger partial charge in [-0.1, -0.05) is 5.21 Å². The first-order valence-corrected chi connectivity index (χ1v) is 7.30. The van der Waals surface area contributed by atoms with Gasteiger partial charge in [-0.2, -0.15) is 17.7 Å². The number of alkyl halides is 3. The highest BCUT2D eigenvalue weighted by molar-refractivity contribution is 5.85. The van der Waals surface area contributed by atoms with Crippen LogP contribution in [0.4, 0.5) is 13.2 Å². The number of rotatable bonds is 7. The Balaban J connectivity index is 0.00000338. The first-order chi connectivity index (χ1) is 11.8. The van der Waals surface area contributed by atoms with Gasteiger partial charge in [0, 0.05) is 6.07 Å². The van der Waals surface area contributed by atoms with E-state index in [9.17, 15) is 18.0 Å². The van der Waals surface area contributed by atoms with Crippen molar-refractivity contribution in [3.63, 3.8) is 0 Å². The number of aromatic nitrogens is 4. The van der Waals surface area contributed by atoms with Gasteiger partial charge < -0.3 is 21.9 Å². The van der Waals surface area contributed by atoms with E-state index in [0.29, 0.717) is 5.69 Å². The number of nitrogens with two attached hydrogens (primary N) is 1. The first-order valence-electron chi connectivity index (χ1n) is 7.30. The van der Waals surface area contributed by atoms with Crippen LogP contribution in [0.15, 0.2) is 30.7 Å². The average Bonchev–Trinajstić information content (AvgIpc) is 3.00. The molecular weight excluding hydrogens is 414 g/mol. The fourth-order valence-electron chi connectivity index (χ4n) is 1.91. The van der Waals surface area contributed by atoms with Gasteiger partial charge in [-0.3, -0.25) is 10.5 Å². The standard InChI is InChI=1S/C14H17F3N5O3.2ClH/c1-2-24-12(23)8-22-7-11(19-20-22)13(18)21-5-3-4-10(6-21)25-9-14(15,16)17;;/h3-7,13H,2,8-9,18H2,1H3;2*1H/q+1;;/p-1/t13-;;/m0../s1. The van der Waals surface area contributed by atoms with E-state index in [0.717, 1.165) is 0 Å². The molecule has 0 bridgehead atoms. The Hall–Kier alpha value is -2.11. The van der Waals surface area contributed by atoms with Crippen molar-refractivity contribution >= 4 is 18.4 Å². The second-order valence-corrected chi connectivity index (χ2v) is 4.98. The summed E-state index contributed by atoms with van der Waals surface area (Å²) < 4.78 is 48.8. The number of ether oxygens (including phenoxy) is 2. The molecule has 27 heavy (non-hydrogen) atoms. The predicted molar refractivity (Wildman–Crippen MR) is 84.4 cm³/mol. The lowest BCUT2D eigenvalue weighted by atomic mass is 10.3. The van der Waals surface area contributed by atoms with Crippen LogP contribution in [0.3, 0.4) is 0 Å². The molecule has 1 atom stereocenters. The Bertz CT molecular complexity index is 730. The third-order valence-electron chi connectivity index (χ3n) is 2.97. The zero-order valence-corrected chi connectivity index (χ0v) is 15.7. The van der Waals surface area contributed by atoms with Gasteiger partial charge in [0.1, 0.15) is 6.54 Å². The minimum Gasteiger partial charge on any atom is -1.00 e. The minimum atomic E-state index is -4.43. The third-order valence-corrected chi connectivity index (χ3v) is 2.97. The van der Waals surface area contributed by atoms with Crippen molar-refractivity contribution in [3.05, 3.63) is 36.4 Å². The van der Waals surface area contributed by atoms with Gasteiger partial charge in [-0.05, 0) is 13.0 Å². The minimum absolute atomic E-state index is 0. The van der Waals surface area contributed by atoms with Gasteiger partial charge in [-0.25, -0.2) is 4.68 Å². The molecule has 13 heteroatoms. The van der Waals surface area contributed by atoms with Gasteiger partial charge in [0.05, 0.1) is 12.8 Å². The molecule has 2 aromatic heterocycles. The van der Waals surface area contributed by atoms with Crippen LogP contribution in [-0.2, 0) is 16.1 Å². The van der Waals surface area contributed by atoms with Crippen LogP contribution in [0, 0.1) is 0 Å². The smallest absolute Gasteiger partial charge is 0.422 e. The summed E-state index contributed by atoms with van der Waals surface area (Å²) >= 11 is 0. The maximum absolute atomic E-state index is 12.2. The fourth-order valence-corrected chi connectivity index (χ4v) is 1.91. The lowest BCUT2D eigenvalue weighted by Crippen LogP contribution is -3.00. The van der Waals surface area contributed by atoms with E-state index in [4.69, 9.17) is 10.5 Å². The maximum Gasteiger partial charge on any atom is 0.422 e. The molecule has 0 spiro atoms.